The lowest BCUT2D eigenvalue weighted by Gasteiger charge is -2.26. The molecule has 24 heavy (non-hydrogen) atoms. The van der Waals surface area contributed by atoms with Crippen LogP contribution in [-0.4, -0.2) is 18.9 Å². The number of rotatable bonds is 3. The number of allylic oxidation sites excluding steroid dienone is 1. The van der Waals surface area contributed by atoms with Gasteiger partial charge >= 0.3 is 0 Å². The molecule has 0 radical (unpaired) electrons. The third-order valence-corrected chi connectivity index (χ3v) is 5.52. The van der Waals surface area contributed by atoms with Crippen LogP contribution < -0.4 is 14.7 Å². The topological polar surface area (TPSA) is 53.8 Å². The van der Waals surface area contributed by atoms with Gasteiger partial charge in [0.1, 0.15) is 12.3 Å². The molecule has 4 nitrogen and oxygen atoms in total. The molecule has 2 aliphatic rings. The van der Waals surface area contributed by atoms with Crippen LogP contribution in [0.3, 0.4) is 0 Å². The fourth-order valence-corrected chi connectivity index (χ4v) is 4.08. The zero-order valence-corrected chi connectivity index (χ0v) is 14.2. The van der Waals surface area contributed by atoms with E-state index >= 15 is 0 Å². The molecule has 1 fully saturated rings. The molecule has 0 aliphatic carbocycles. The first-order valence-electron chi connectivity index (χ1n) is 8.36. The van der Waals surface area contributed by atoms with Crippen molar-refractivity contribution in [2.45, 2.75) is 25.8 Å². The number of fused-ring (bicyclic) bond motifs is 1. The van der Waals surface area contributed by atoms with Crippen LogP contribution in [0.5, 0.6) is 11.5 Å². The molecule has 4 rings (SSSR count). The van der Waals surface area contributed by atoms with E-state index in [1.165, 1.54) is 30.2 Å². The minimum absolute atomic E-state index is 0.0306. The van der Waals surface area contributed by atoms with Gasteiger partial charge in [0.25, 0.3) is 0 Å². The quantitative estimate of drug-likeness (QED) is 0.869. The highest BCUT2D eigenvalue weighted by Crippen LogP contribution is 2.38. The molecule has 0 unspecified atom stereocenters. The van der Waals surface area contributed by atoms with Crippen LogP contribution in [0.2, 0.25) is 0 Å². The second-order valence-electron chi connectivity index (χ2n) is 6.36. The van der Waals surface area contributed by atoms with Crippen molar-refractivity contribution in [3.63, 3.8) is 0 Å². The summed E-state index contributed by atoms with van der Waals surface area (Å²) < 4.78 is 5.85. The zero-order chi connectivity index (χ0) is 16.5. The second-order valence-corrected chi connectivity index (χ2v) is 7.34. The van der Waals surface area contributed by atoms with Gasteiger partial charge in [-0.3, -0.25) is 4.79 Å². The Kier molecular flexibility index (Phi) is 4.12. The van der Waals surface area contributed by atoms with E-state index in [0.717, 1.165) is 18.0 Å². The number of nitrogens with one attached hydrogen (secondary N) is 1. The van der Waals surface area contributed by atoms with Crippen LogP contribution in [0.15, 0.2) is 35.4 Å². The molecule has 2 aromatic rings. The largest absolute Gasteiger partial charge is 0.872 e. The molecule has 0 atom stereocenters. The smallest absolute Gasteiger partial charge is 0.232 e. The Labute approximate surface area is 145 Å². The Balaban J connectivity index is 1.66. The molecular formula is C19H19NO3S. The third kappa shape index (κ3) is 2.85. The minimum atomic E-state index is -0.131. The standard InChI is InChI=1S/C19H19NO3S/c21-16-7-6-14-18(22)17(11-13-5-4-10-24-13)23-19(14)15(16)12-20-8-2-1-3-9-20/h4-7,10-11,21H,1-3,8-9,12H2/b17-11-. The number of likely N-dealkylation sites (tertiary alicyclic amines) is 1. The number of hydrogen-bond donors (Lipinski definition) is 1. The summed E-state index contributed by atoms with van der Waals surface area (Å²) in [6.45, 7) is 2.80. The summed E-state index contributed by atoms with van der Waals surface area (Å²) in [5.41, 5.74) is 1.16. The van der Waals surface area contributed by atoms with Gasteiger partial charge in [0, 0.05) is 16.5 Å². The summed E-state index contributed by atoms with van der Waals surface area (Å²) in [5.74, 6) is 0.631. The van der Waals surface area contributed by atoms with Gasteiger partial charge in [-0.25, -0.2) is 0 Å². The molecule has 0 amide bonds. The van der Waals surface area contributed by atoms with Gasteiger partial charge in [0.2, 0.25) is 5.78 Å². The molecule has 1 aromatic heterocycles. The number of Topliss-reactive ketones (excluding diaryl/α,β-unsaturated/α-hetero) is 1. The van der Waals surface area contributed by atoms with Gasteiger partial charge < -0.3 is 14.7 Å². The predicted molar refractivity (Wildman–Crippen MR) is 91.4 cm³/mol. The Morgan fingerprint density at radius 2 is 2.04 bits per heavy atom. The zero-order valence-electron chi connectivity index (χ0n) is 13.3. The highest BCUT2D eigenvalue weighted by molar-refractivity contribution is 7.10. The number of ether oxygens (including phenoxy) is 1. The lowest BCUT2D eigenvalue weighted by Crippen LogP contribution is -3.11. The first-order valence-corrected chi connectivity index (χ1v) is 9.24. The fraction of sp³-hybridized carbons (Fsp3) is 0.316. The van der Waals surface area contributed by atoms with Crippen LogP contribution in [0.4, 0.5) is 0 Å². The van der Waals surface area contributed by atoms with Crippen molar-refractivity contribution in [3.8, 4) is 11.5 Å². The van der Waals surface area contributed by atoms with Gasteiger partial charge in [-0.1, -0.05) is 17.9 Å². The molecule has 0 spiro atoms. The van der Waals surface area contributed by atoms with Gasteiger partial charge in [0.05, 0.1) is 18.7 Å². The predicted octanol–water partition coefficient (Wildman–Crippen LogP) is 2.01. The average molecular weight is 341 g/mol. The van der Waals surface area contributed by atoms with Crippen LogP contribution in [0, 0.1) is 0 Å². The molecule has 0 bridgehead atoms. The first-order chi connectivity index (χ1) is 11.7. The number of thiophene rings is 1. The van der Waals surface area contributed by atoms with E-state index in [0.29, 0.717) is 29.2 Å². The van der Waals surface area contributed by atoms with Crippen molar-refractivity contribution in [1.82, 2.24) is 0 Å². The van der Waals surface area contributed by atoms with Gasteiger partial charge in [-0.2, -0.15) is 0 Å². The summed E-state index contributed by atoms with van der Waals surface area (Å²) in [5, 5.41) is 14.3. The normalized spacial score (nSPS) is 19.5. The van der Waals surface area contributed by atoms with Gasteiger partial charge in [-0.05, 0) is 36.8 Å². The van der Waals surface area contributed by atoms with E-state index in [1.807, 2.05) is 17.5 Å². The van der Waals surface area contributed by atoms with Crippen molar-refractivity contribution in [1.29, 1.82) is 0 Å². The number of carbonyl (C=O) groups excluding carboxylic acids is 1. The van der Waals surface area contributed by atoms with Crippen LogP contribution in [0.1, 0.15) is 40.1 Å². The Morgan fingerprint density at radius 1 is 1.21 bits per heavy atom. The average Bonchev–Trinajstić information content (AvgIpc) is 3.21. The lowest BCUT2D eigenvalue weighted by molar-refractivity contribution is -0.918. The molecule has 3 heterocycles. The molecule has 1 N–H and O–H groups in total. The molecule has 124 valence electrons. The Morgan fingerprint density at radius 3 is 2.79 bits per heavy atom. The number of carbonyl (C=O) groups is 1. The molecule has 1 aromatic carbocycles. The van der Waals surface area contributed by atoms with E-state index in [4.69, 9.17) is 4.74 Å². The van der Waals surface area contributed by atoms with Crippen molar-refractivity contribution in [2.24, 2.45) is 0 Å². The number of benzene rings is 1. The molecule has 0 saturated carbocycles. The summed E-state index contributed by atoms with van der Waals surface area (Å²) in [6, 6.07) is 6.98. The van der Waals surface area contributed by atoms with Crippen molar-refractivity contribution < 1.29 is 19.5 Å². The Bertz CT molecular complexity index is 789. The van der Waals surface area contributed by atoms with E-state index in [2.05, 4.69) is 0 Å². The Hall–Kier alpha value is -2.11. The third-order valence-electron chi connectivity index (χ3n) is 4.70. The first kappa shape index (κ1) is 15.4. The van der Waals surface area contributed by atoms with Crippen molar-refractivity contribution in [2.75, 3.05) is 13.1 Å². The summed E-state index contributed by atoms with van der Waals surface area (Å²) in [7, 11) is 0. The van der Waals surface area contributed by atoms with Crippen LogP contribution >= 0.6 is 11.3 Å². The van der Waals surface area contributed by atoms with Gasteiger partial charge in [-0.15, -0.1) is 11.3 Å². The maximum Gasteiger partial charge on any atom is 0.232 e. The van der Waals surface area contributed by atoms with E-state index in [1.54, 1.807) is 23.5 Å². The number of ketones is 1. The molecule has 1 saturated heterocycles. The molecular weight excluding hydrogens is 322 g/mol. The number of piperidine rings is 1. The molecule has 2 aliphatic heterocycles. The van der Waals surface area contributed by atoms with E-state index in [-0.39, 0.29) is 11.5 Å². The summed E-state index contributed by atoms with van der Waals surface area (Å²) in [4.78, 5) is 15.0. The highest BCUT2D eigenvalue weighted by Gasteiger charge is 2.31. The fourth-order valence-electron chi connectivity index (χ4n) is 3.44. The minimum Gasteiger partial charge on any atom is -0.872 e. The van der Waals surface area contributed by atoms with Crippen molar-refractivity contribution >= 4 is 23.2 Å². The van der Waals surface area contributed by atoms with Crippen molar-refractivity contribution in [3.05, 3.63) is 51.4 Å². The summed E-state index contributed by atoms with van der Waals surface area (Å²) >= 11 is 1.55. The SMILES string of the molecule is O=C1/C(=C/c2cccs2)Oc2c1ccc([O-])c2C[NH+]1CCCCC1. The monoisotopic (exact) mass is 341 g/mol. The van der Waals surface area contributed by atoms with Gasteiger partial charge in [0.15, 0.2) is 5.76 Å². The number of quaternary nitrogens is 1. The van der Waals surface area contributed by atoms with Crippen LogP contribution in [0.25, 0.3) is 6.08 Å². The highest BCUT2D eigenvalue weighted by atomic mass is 32.1. The maximum atomic E-state index is 12.6. The van der Waals surface area contributed by atoms with Crippen LogP contribution in [-0.2, 0) is 6.54 Å². The molecule has 5 heteroatoms. The van der Waals surface area contributed by atoms with E-state index < -0.39 is 0 Å². The second kappa shape index (κ2) is 6.42. The maximum absolute atomic E-state index is 12.6. The van der Waals surface area contributed by atoms with E-state index in [9.17, 15) is 9.90 Å². The summed E-state index contributed by atoms with van der Waals surface area (Å²) in [6.07, 6.45) is 5.42. The number of hydrogen-bond acceptors (Lipinski definition) is 4. The lowest BCUT2D eigenvalue weighted by atomic mass is 10.0.